The Hall–Kier alpha value is -3.32. The molecule has 32 heavy (non-hydrogen) atoms. The fourth-order valence-electron chi connectivity index (χ4n) is 3.21. The Kier molecular flexibility index (Phi) is 6.46. The highest BCUT2D eigenvalue weighted by molar-refractivity contribution is 9.10. The fourth-order valence-corrected chi connectivity index (χ4v) is 3.57. The molecular weight excluding hydrogens is 473 g/mol. The highest BCUT2D eigenvalue weighted by Crippen LogP contribution is 2.19. The molecule has 0 unspecified atom stereocenters. The maximum Gasteiger partial charge on any atom is 0.282 e. The molecule has 0 spiro atoms. The molecule has 0 aliphatic rings. The molecule has 7 heteroatoms. The van der Waals surface area contributed by atoms with Crippen LogP contribution >= 0.6 is 15.9 Å². The predicted octanol–water partition coefficient (Wildman–Crippen LogP) is 5.88. The van der Waals surface area contributed by atoms with Gasteiger partial charge in [-0.25, -0.2) is 9.37 Å². The van der Waals surface area contributed by atoms with E-state index in [1.54, 1.807) is 24.4 Å². The van der Waals surface area contributed by atoms with Crippen molar-refractivity contribution in [1.29, 1.82) is 0 Å². The molecule has 0 saturated heterocycles. The summed E-state index contributed by atoms with van der Waals surface area (Å²) in [6, 6.07) is 19.0. The van der Waals surface area contributed by atoms with E-state index in [4.69, 9.17) is 4.74 Å². The molecule has 1 heterocycles. The first-order valence-electron chi connectivity index (χ1n) is 10.1. The molecule has 0 bridgehead atoms. The summed E-state index contributed by atoms with van der Waals surface area (Å²) >= 11 is 3.41. The monoisotopic (exact) mass is 493 g/mol. The highest BCUT2D eigenvalue weighted by atomic mass is 79.9. The zero-order valence-corrected chi connectivity index (χ0v) is 19.2. The summed E-state index contributed by atoms with van der Waals surface area (Å²) in [6.45, 7) is 4.27. The number of ether oxygens (including phenoxy) is 1. The number of hydrogen-bond donors (Lipinski definition) is 0. The zero-order chi connectivity index (χ0) is 22.7. The minimum Gasteiger partial charge on any atom is -0.489 e. The molecule has 0 N–H and O–H groups in total. The third-order valence-electron chi connectivity index (χ3n) is 4.85. The highest BCUT2D eigenvalue weighted by Gasteiger charge is 2.13. The van der Waals surface area contributed by atoms with Crippen LogP contribution in [0.15, 0.2) is 81.1 Å². The van der Waals surface area contributed by atoms with E-state index in [9.17, 15) is 9.18 Å². The van der Waals surface area contributed by atoms with Crippen molar-refractivity contribution in [2.75, 3.05) is 0 Å². The number of halogens is 2. The quantitative estimate of drug-likeness (QED) is 0.315. The lowest BCUT2D eigenvalue weighted by Gasteiger charge is -2.12. The van der Waals surface area contributed by atoms with Crippen molar-refractivity contribution < 1.29 is 9.13 Å². The summed E-state index contributed by atoms with van der Waals surface area (Å²) in [5, 5.41) is 4.95. The summed E-state index contributed by atoms with van der Waals surface area (Å²) in [5.74, 6) is 0.969. The van der Waals surface area contributed by atoms with E-state index in [2.05, 4.69) is 26.0 Å². The lowest BCUT2D eigenvalue weighted by molar-refractivity contribution is 0.306. The van der Waals surface area contributed by atoms with E-state index in [-0.39, 0.29) is 17.3 Å². The van der Waals surface area contributed by atoms with Gasteiger partial charge in [0, 0.05) is 10.4 Å². The molecule has 4 rings (SSSR count). The minimum atomic E-state index is -0.279. The van der Waals surface area contributed by atoms with Crippen LogP contribution in [0.1, 0.15) is 36.7 Å². The van der Waals surface area contributed by atoms with Gasteiger partial charge in [0.15, 0.2) is 0 Å². The number of hydrogen-bond acceptors (Lipinski definition) is 4. The Balaban J connectivity index is 1.62. The molecular formula is C25H21BrFN3O2. The summed E-state index contributed by atoms with van der Waals surface area (Å²) < 4.78 is 21.0. The smallest absolute Gasteiger partial charge is 0.282 e. The van der Waals surface area contributed by atoms with Gasteiger partial charge in [0.2, 0.25) is 0 Å². The van der Waals surface area contributed by atoms with Gasteiger partial charge in [-0.05, 0) is 53.6 Å². The number of aromatic nitrogens is 2. The standard InChI is InChI=1S/C25H21BrFN3O2/c1-16(2)24-29-23-11-8-19(26)13-22(23)25(31)30(24)28-14-18-4-3-5-21(12-18)32-15-17-6-9-20(27)10-7-17/h3-14,16H,15H2,1-2H3. The van der Waals surface area contributed by atoms with Gasteiger partial charge >= 0.3 is 0 Å². The van der Waals surface area contributed by atoms with Gasteiger partial charge in [-0.1, -0.05) is 54.0 Å². The van der Waals surface area contributed by atoms with Crippen molar-refractivity contribution in [2.24, 2.45) is 5.10 Å². The Labute approximate surface area is 193 Å². The van der Waals surface area contributed by atoms with Gasteiger partial charge in [-0.2, -0.15) is 9.78 Å². The Morgan fingerprint density at radius 1 is 1.12 bits per heavy atom. The second-order valence-electron chi connectivity index (χ2n) is 7.64. The van der Waals surface area contributed by atoms with Crippen molar-refractivity contribution in [1.82, 2.24) is 9.66 Å². The summed E-state index contributed by atoms with van der Waals surface area (Å²) in [7, 11) is 0. The molecule has 162 valence electrons. The molecule has 0 radical (unpaired) electrons. The lowest BCUT2D eigenvalue weighted by Crippen LogP contribution is -2.23. The molecule has 0 aliphatic heterocycles. The minimum absolute atomic E-state index is 0.0123. The van der Waals surface area contributed by atoms with Gasteiger partial charge in [-0.3, -0.25) is 4.79 Å². The molecule has 0 atom stereocenters. The molecule has 0 fully saturated rings. The maximum absolute atomic E-state index is 13.1. The van der Waals surface area contributed by atoms with E-state index in [1.165, 1.54) is 16.8 Å². The lowest BCUT2D eigenvalue weighted by atomic mass is 10.2. The van der Waals surface area contributed by atoms with Crippen LogP contribution in [-0.2, 0) is 6.61 Å². The average molecular weight is 494 g/mol. The first kappa shape index (κ1) is 21.9. The maximum atomic E-state index is 13.1. The molecule has 1 aromatic heterocycles. The van der Waals surface area contributed by atoms with Crippen LogP contribution in [0.3, 0.4) is 0 Å². The average Bonchev–Trinajstić information content (AvgIpc) is 2.78. The van der Waals surface area contributed by atoms with Crippen LogP contribution in [0.2, 0.25) is 0 Å². The van der Waals surface area contributed by atoms with Crippen LogP contribution in [0.4, 0.5) is 4.39 Å². The SMILES string of the molecule is CC(C)c1nc2ccc(Br)cc2c(=O)n1N=Cc1cccc(OCc2ccc(F)cc2)c1. The second-order valence-corrected chi connectivity index (χ2v) is 8.55. The van der Waals surface area contributed by atoms with E-state index < -0.39 is 0 Å². The first-order valence-corrected chi connectivity index (χ1v) is 10.9. The Morgan fingerprint density at radius 3 is 2.66 bits per heavy atom. The molecule has 0 saturated carbocycles. The van der Waals surface area contributed by atoms with E-state index in [0.717, 1.165) is 15.6 Å². The van der Waals surface area contributed by atoms with Gasteiger partial charge in [0.05, 0.1) is 17.1 Å². The number of rotatable bonds is 6. The van der Waals surface area contributed by atoms with Crippen LogP contribution in [0.25, 0.3) is 10.9 Å². The summed E-state index contributed by atoms with van der Waals surface area (Å²) in [4.78, 5) is 17.8. The largest absolute Gasteiger partial charge is 0.489 e. The first-order chi connectivity index (χ1) is 15.4. The second kappa shape index (κ2) is 9.44. The normalized spacial score (nSPS) is 11.5. The molecule has 0 amide bonds. The van der Waals surface area contributed by atoms with Gasteiger partial charge < -0.3 is 4.74 Å². The summed E-state index contributed by atoms with van der Waals surface area (Å²) in [6.07, 6.45) is 1.61. The van der Waals surface area contributed by atoms with Crippen LogP contribution in [0.5, 0.6) is 5.75 Å². The van der Waals surface area contributed by atoms with Crippen LogP contribution in [0, 0.1) is 5.82 Å². The third kappa shape index (κ3) is 4.94. The number of fused-ring (bicyclic) bond motifs is 1. The van der Waals surface area contributed by atoms with E-state index in [1.807, 2.05) is 50.2 Å². The van der Waals surface area contributed by atoms with E-state index >= 15 is 0 Å². The Morgan fingerprint density at radius 2 is 1.91 bits per heavy atom. The van der Waals surface area contributed by atoms with Crippen LogP contribution < -0.4 is 10.3 Å². The number of nitrogens with zero attached hydrogens (tertiary/aromatic N) is 3. The fraction of sp³-hybridized carbons (Fsp3) is 0.160. The van der Waals surface area contributed by atoms with E-state index in [0.29, 0.717) is 29.1 Å². The van der Waals surface area contributed by atoms with Crippen molar-refractivity contribution >= 4 is 33.0 Å². The molecule has 0 aliphatic carbocycles. The number of benzene rings is 3. The molecule has 5 nitrogen and oxygen atoms in total. The topological polar surface area (TPSA) is 56.5 Å². The van der Waals surface area contributed by atoms with Crippen molar-refractivity contribution in [2.45, 2.75) is 26.4 Å². The van der Waals surface area contributed by atoms with Crippen LogP contribution in [-0.4, -0.2) is 15.9 Å². The molecule has 3 aromatic carbocycles. The third-order valence-corrected chi connectivity index (χ3v) is 5.34. The molecule has 4 aromatic rings. The van der Waals surface area contributed by atoms with Gasteiger partial charge in [-0.15, -0.1) is 0 Å². The van der Waals surface area contributed by atoms with Gasteiger partial charge in [0.25, 0.3) is 5.56 Å². The van der Waals surface area contributed by atoms with Crippen molar-refractivity contribution in [3.8, 4) is 5.75 Å². The predicted molar refractivity (Wildman–Crippen MR) is 128 cm³/mol. The van der Waals surface area contributed by atoms with Crippen molar-refractivity contribution in [3.05, 3.63) is 104 Å². The zero-order valence-electron chi connectivity index (χ0n) is 17.6. The Bertz CT molecular complexity index is 1350. The summed E-state index contributed by atoms with van der Waals surface area (Å²) in [5.41, 5.74) is 2.06. The van der Waals surface area contributed by atoms with Gasteiger partial charge in [0.1, 0.15) is 24.0 Å². The van der Waals surface area contributed by atoms with Crippen molar-refractivity contribution in [3.63, 3.8) is 0 Å².